The summed E-state index contributed by atoms with van der Waals surface area (Å²) in [6.07, 6.45) is 9.69. The van der Waals surface area contributed by atoms with Crippen molar-refractivity contribution in [1.82, 2.24) is 0 Å². The van der Waals surface area contributed by atoms with Crippen molar-refractivity contribution in [1.29, 1.82) is 0 Å². The maximum absolute atomic E-state index is 5.50. The summed E-state index contributed by atoms with van der Waals surface area (Å²) in [6, 6.07) is 0. The van der Waals surface area contributed by atoms with E-state index in [-0.39, 0.29) is 0 Å². The molecule has 0 aromatic carbocycles. The number of quaternary nitrogens is 1. The Hall–Kier alpha value is -0.0800. The Kier molecular flexibility index (Phi) is 5.49. The normalized spacial score (nSPS) is 21.9. The van der Waals surface area contributed by atoms with Crippen molar-refractivity contribution in [2.45, 2.75) is 44.9 Å². The smallest absolute Gasteiger partial charge is 0.0784 e. The minimum absolute atomic E-state index is 0.865. The van der Waals surface area contributed by atoms with Crippen LogP contribution in [-0.4, -0.2) is 37.7 Å². The molecule has 1 heterocycles. The van der Waals surface area contributed by atoms with E-state index in [4.69, 9.17) is 5.73 Å². The fourth-order valence-corrected chi connectivity index (χ4v) is 2.49. The van der Waals surface area contributed by atoms with Crippen LogP contribution < -0.4 is 5.73 Å². The van der Waals surface area contributed by atoms with E-state index in [0.717, 1.165) is 6.54 Å². The first-order valence-corrected chi connectivity index (χ1v) is 6.30. The van der Waals surface area contributed by atoms with E-state index in [1.165, 1.54) is 69.1 Å². The maximum Gasteiger partial charge on any atom is 0.0784 e. The number of hydrogen-bond donors (Lipinski definition) is 1. The van der Waals surface area contributed by atoms with Crippen molar-refractivity contribution in [2.75, 3.05) is 33.2 Å². The lowest BCUT2D eigenvalue weighted by Gasteiger charge is -2.33. The highest BCUT2D eigenvalue weighted by atomic mass is 15.3. The van der Waals surface area contributed by atoms with E-state index in [1.54, 1.807) is 0 Å². The van der Waals surface area contributed by atoms with Gasteiger partial charge in [0.1, 0.15) is 0 Å². The summed E-state index contributed by atoms with van der Waals surface area (Å²) in [6.45, 7) is 5.05. The Morgan fingerprint density at radius 3 is 2.14 bits per heavy atom. The summed E-state index contributed by atoms with van der Waals surface area (Å²) in [4.78, 5) is 0. The summed E-state index contributed by atoms with van der Waals surface area (Å²) < 4.78 is 1.32. The van der Waals surface area contributed by atoms with Crippen molar-refractivity contribution >= 4 is 0 Å². The summed E-state index contributed by atoms with van der Waals surface area (Å²) in [5, 5.41) is 0. The van der Waals surface area contributed by atoms with Gasteiger partial charge in [-0.1, -0.05) is 0 Å². The van der Waals surface area contributed by atoms with Gasteiger partial charge >= 0.3 is 0 Å². The fraction of sp³-hybridized carbons (Fsp3) is 1.00. The van der Waals surface area contributed by atoms with Crippen LogP contribution in [0, 0.1) is 0 Å². The molecule has 0 aromatic heterocycles. The van der Waals surface area contributed by atoms with E-state index in [2.05, 4.69) is 7.05 Å². The summed E-state index contributed by atoms with van der Waals surface area (Å²) >= 11 is 0. The minimum atomic E-state index is 0.865. The zero-order valence-corrected chi connectivity index (χ0v) is 9.80. The van der Waals surface area contributed by atoms with Crippen LogP contribution in [-0.2, 0) is 0 Å². The largest absolute Gasteiger partial charge is 0.330 e. The van der Waals surface area contributed by atoms with Gasteiger partial charge in [0.05, 0.1) is 26.7 Å². The summed E-state index contributed by atoms with van der Waals surface area (Å²) in [7, 11) is 2.44. The topological polar surface area (TPSA) is 26.0 Å². The minimum Gasteiger partial charge on any atom is -0.330 e. The molecule has 0 amide bonds. The first-order chi connectivity index (χ1) is 6.77. The molecule has 14 heavy (non-hydrogen) atoms. The van der Waals surface area contributed by atoms with Crippen LogP contribution >= 0.6 is 0 Å². The Balaban J connectivity index is 2.17. The molecule has 0 radical (unpaired) electrons. The molecule has 2 heteroatoms. The molecule has 1 saturated heterocycles. The van der Waals surface area contributed by atoms with Gasteiger partial charge in [0.15, 0.2) is 0 Å². The lowest BCUT2D eigenvalue weighted by molar-refractivity contribution is -0.909. The Morgan fingerprint density at radius 2 is 1.57 bits per heavy atom. The highest BCUT2D eigenvalue weighted by Gasteiger charge is 2.22. The summed E-state index contributed by atoms with van der Waals surface area (Å²) in [5.41, 5.74) is 5.50. The molecule has 0 aliphatic carbocycles. The molecular formula is C12H27N2+. The van der Waals surface area contributed by atoms with Crippen molar-refractivity contribution in [3.63, 3.8) is 0 Å². The third kappa shape index (κ3) is 4.43. The number of unbranched alkanes of at least 4 members (excludes halogenated alkanes) is 2. The molecule has 0 atom stereocenters. The lowest BCUT2D eigenvalue weighted by atomic mass is 10.2. The van der Waals surface area contributed by atoms with Crippen LogP contribution in [0.15, 0.2) is 0 Å². The highest BCUT2D eigenvalue weighted by Crippen LogP contribution is 2.17. The van der Waals surface area contributed by atoms with Gasteiger partial charge in [-0.3, -0.25) is 0 Å². The second kappa shape index (κ2) is 6.41. The van der Waals surface area contributed by atoms with E-state index < -0.39 is 0 Å². The molecule has 2 N–H and O–H groups in total. The highest BCUT2D eigenvalue weighted by molar-refractivity contribution is 4.52. The zero-order valence-electron chi connectivity index (χ0n) is 9.80. The number of rotatable bonds is 5. The SMILES string of the molecule is C[N+]1(CCCCCN)CCCCCC1. The molecule has 1 aliphatic heterocycles. The Morgan fingerprint density at radius 1 is 0.929 bits per heavy atom. The van der Waals surface area contributed by atoms with E-state index >= 15 is 0 Å². The molecule has 84 valence electrons. The quantitative estimate of drug-likeness (QED) is 0.533. The number of hydrogen-bond acceptors (Lipinski definition) is 1. The van der Waals surface area contributed by atoms with Gasteiger partial charge < -0.3 is 10.2 Å². The molecule has 0 spiro atoms. The van der Waals surface area contributed by atoms with Gasteiger partial charge in [0.25, 0.3) is 0 Å². The molecule has 0 unspecified atom stereocenters. The standard InChI is InChI=1S/C12H27N2/c1-14(12-8-4-5-9-13)10-6-2-3-7-11-14/h2-13H2,1H3/q+1. The van der Waals surface area contributed by atoms with Crippen molar-refractivity contribution in [3.05, 3.63) is 0 Å². The molecule has 1 fully saturated rings. The molecule has 0 saturated carbocycles. The molecule has 2 nitrogen and oxygen atoms in total. The van der Waals surface area contributed by atoms with Crippen LogP contribution in [0.2, 0.25) is 0 Å². The van der Waals surface area contributed by atoms with Crippen LogP contribution in [0.3, 0.4) is 0 Å². The Labute approximate surface area is 89.1 Å². The van der Waals surface area contributed by atoms with Crippen molar-refractivity contribution in [2.24, 2.45) is 5.73 Å². The second-order valence-corrected chi connectivity index (χ2v) is 5.05. The predicted octanol–water partition coefficient (Wildman–Crippen LogP) is 2.14. The van der Waals surface area contributed by atoms with Crippen LogP contribution in [0.4, 0.5) is 0 Å². The number of likely N-dealkylation sites (tertiary alicyclic amines) is 1. The predicted molar refractivity (Wildman–Crippen MR) is 62.2 cm³/mol. The van der Waals surface area contributed by atoms with Gasteiger partial charge in [-0.15, -0.1) is 0 Å². The van der Waals surface area contributed by atoms with Gasteiger partial charge in [-0.05, 0) is 51.5 Å². The third-order valence-electron chi connectivity index (χ3n) is 3.55. The lowest BCUT2D eigenvalue weighted by Crippen LogP contribution is -2.45. The third-order valence-corrected chi connectivity index (χ3v) is 3.55. The number of nitrogens with zero attached hydrogens (tertiary/aromatic N) is 1. The van der Waals surface area contributed by atoms with Crippen LogP contribution in [0.25, 0.3) is 0 Å². The average Bonchev–Trinajstić information content (AvgIpc) is 2.39. The van der Waals surface area contributed by atoms with E-state index in [9.17, 15) is 0 Å². The van der Waals surface area contributed by atoms with Gasteiger partial charge in [-0.25, -0.2) is 0 Å². The van der Waals surface area contributed by atoms with Gasteiger partial charge in [0.2, 0.25) is 0 Å². The van der Waals surface area contributed by atoms with E-state index in [1.807, 2.05) is 0 Å². The molecule has 0 bridgehead atoms. The van der Waals surface area contributed by atoms with Gasteiger partial charge in [-0.2, -0.15) is 0 Å². The number of nitrogens with two attached hydrogens (primary N) is 1. The summed E-state index contributed by atoms with van der Waals surface area (Å²) in [5.74, 6) is 0. The van der Waals surface area contributed by atoms with Crippen LogP contribution in [0.1, 0.15) is 44.9 Å². The fourth-order valence-electron chi connectivity index (χ4n) is 2.49. The molecule has 1 rings (SSSR count). The van der Waals surface area contributed by atoms with Crippen molar-refractivity contribution < 1.29 is 4.48 Å². The molecular weight excluding hydrogens is 172 g/mol. The van der Waals surface area contributed by atoms with Crippen molar-refractivity contribution in [3.8, 4) is 0 Å². The first kappa shape index (κ1) is 12.0. The molecule has 1 aliphatic rings. The monoisotopic (exact) mass is 199 g/mol. The van der Waals surface area contributed by atoms with E-state index in [0.29, 0.717) is 0 Å². The maximum atomic E-state index is 5.50. The first-order valence-electron chi connectivity index (χ1n) is 6.30. The zero-order chi connectivity index (χ0) is 10.3. The molecule has 0 aromatic rings. The second-order valence-electron chi connectivity index (χ2n) is 5.05. The van der Waals surface area contributed by atoms with Gasteiger partial charge in [0, 0.05) is 0 Å². The van der Waals surface area contributed by atoms with Crippen LogP contribution in [0.5, 0.6) is 0 Å². The Bertz CT molecular complexity index is 137. The average molecular weight is 199 g/mol.